The minimum atomic E-state index is -2.96. The van der Waals surface area contributed by atoms with Gasteiger partial charge < -0.3 is 19.3 Å². The van der Waals surface area contributed by atoms with Gasteiger partial charge in [0.2, 0.25) is 5.75 Å². The van der Waals surface area contributed by atoms with Gasteiger partial charge in [0.05, 0.1) is 4.92 Å². The van der Waals surface area contributed by atoms with Crippen LogP contribution in [0.25, 0.3) is 0 Å². The lowest BCUT2D eigenvalue weighted by Crippen LogP contribution is -2.00. The molecule has 1 aromatic rings. The van der Waals surface area contributed by atoms with Gasteiger partial charge in [0.1, 0.15) is 4.90 Å². The Kier molecular flexibility index (Phi) is 3.77. The maximum atomic E-state index is 10.8. The average Bonchev–Trinajstić information content (AvgIpc) is 2.15. The molecular formula is C6H5NO8S2. The number of phenolic OH excluding ortho intramolecular Hbond substituents is 2. The zero-order valence-corrected chi connectivity index (χ0v) is 9.40. The molecule has 0 radical (unpaired) electrons. The molecule has 0 heterocycles. The minimum absolute atomic E-state index is 0.442. The highest BCUT2D eigenvalue weighted by molar-refractivity contribution is 7.80. The van der Waals surface area contributed by atoms with Gasteiger partial charge in [0.15, 0.2) is 32.8 Å². The molecule has 0 aliphatic heterocycles. The second-order valence-corrected chi connectivity index (χ2v) is 4.52. The number of hydrogen-bond donors (Lipinski definition) is 4. The van der Waals surface area contributed by atoms with Crippen LogP contribution in [0.1, 0.15) is 0 Å². The first-order valence-electron chi connectivity index (χ1n) is 3.72. The van der Waals surface area contributed by atoms with E-state index >= 15 is 0 Å². The molecular weight excluding hydrogens is 278 g/mol. The van der Waals surface area contributed by atoms with E-state index in [0.29, 0.717) is 6.07 Å². The molecule has 2 atom stereocenters. The fourth-order valence-corrected chi connectivity index (χ4v) is 2.13. The van der Waals surface area contributed by atoms with Crippen molar-refractivity contribution in [1.29, 1.82) is 0 Å². The van der Waals surface area contributed by atoms with E-state index in [1.54, 1.807) is 0 Å². The predicted molar refractivity (Wildman–Crippen MR) is 54.5 cm³/mol. The van der Waals surface area contributed by atoms with Crippen LogP contribution < -0.4 is 0 Å². The number of nitrogens with zero attached hydrogens (tertiary/aromatic N) is 1. The molecule has 0 aliphatic rings. The third-order valence-electron chi connectivity index (χ3n) is 1.73. The van der Waals surface area contributed by atoms with Gasteiger partial charge in [-0.15, -0.1) is 0 Å². The van der Waals surface area contributed by atoms with Gasteiger partial charge in [-0.3, -0.25) is 10.1 Å². The van der Waals surface area contributed by atoms with Gasteiger partial charge in [-0.2, -0.15) is 0 Å². The van der Waals surface area contributed by atoms with Crippen molar-refractivity contribution in [3.63, 3.8) is 0 Å². The summed E-state index contributed by atoms with van der Waals surface area (Å²) in [5, 5.41) is 29.1. The normalized spacial score (nSPS) is 14.2. The lowest BCUT2D eigenvalue weighted by molar-refractivity contribution is -0.386. The van der Waals surface area contributed by atoms with Crippen LogP contribution in [-0.4, -0.2) is 32.7 Å². The Morgan fingerprint density at radius 3 is 2.00 bits per heavy atom. The lowest BCUT2D eigenvalue weighted by atomic mass is 10.3. The first-order chi connectivity index (χ1) is 7.77. The monoisotopic (exact) mass is 283 g/mol. The Balaban J connectivity index is 3.76. The molecule has 11 heteroatoms. The molecule has 17 heavy (non-hydrogen) atoms. The summed E-state index contributed by atoms with van der Waals surface area (Å²) in [6.07, 6.45) is 0. The molecule has 94 valence electrons. The zero-order valence-electron chi connectivity index (χ0n) is 7.76. The van der Waals surface area contributed by atoms with Crippen molar-refractivity contribution in [3.05, 3.63) is 16.2 Å². The van der Waals surface area contributed by atoms with Crippen LogP contribution in [0.3, 0.4) is 0 Å². The zero-order chi connectivity index (χ0) is 13.3. The molecule has 9 nitrogen and oxygen atoms in total. The lowest BCUT2D eigenvalue weighted by Gasteiger charge is -2.06. The molecule has 0 fully saturated rings. The van der Waals surface area contributed by atoms with E-state index < -0.39 is 54.1 Å². The number of hydrogen-bond acceptors (Lipinski definition) is 6. The summed E-state index contributed by atoms with van der Waals surface area (Å²) in [5.41, 5.74) is -1.06. The Hall–Kier alpha value is -1.56. The number of nitro groups is 1. The second kappa shape index (κ2) is 4.75. The Labute approximate surface area is 98.4 Å². The molecule has 0 bridgehead atoms. The molecule has 2 unspecified atom stereocenters. The summed E-state index contributed by atoms with van der Waals surface area (Å²) in [6.45, 7) is 0. The molecule has 0 aromatic heterocycles. The largest absolute Gasteiger partial charge is 0.505 e. The van der Waals surface area contributed by atoms with E-state index in [4.69, 9.17) is 9.11 Å². The summed E-state index contributed by atoms with van der Waals surface area (Å²) in [4.78, 5) is 7.43. The number of benzene rings is 1. The first kappa shape index (κ1) is 13.5. The minimum Gasteiger partial charge on any atom is -0.505 e. The van der Waals surface area contributed by atoms with Gasteiger partial charge in [0.25, 0.3) is 0 Å². The van der Waals surface area contributed by atoms with Gasteiger partial charge in [0, 0.05) is 6.07 Å². The van der Waals surface area contributed by atoms with Crippen LogP contribution in [0.2, 0.25) is 0 Å². The highest BCUT2D eigenvalue weighted by atomic mass is 32.2. The molecule has 0 saturated carbocycles. The van der Waals surface area contributed by atoms with Gasteiger partial charge in [-0.1, -0.05) is 0 Å². The van der Waals surface area contributed by atoms with Crippen molar-refractivity contribution in [2.75, 3.05) is 0 Å². The highest BCUT2D eigenvalue weighted by Gasteiger charge is 2.29. The van der Waals surface area contributed by atoms with E-state index in [2.05, 4.69) is 0 Å². The van der Waals surface area contributed by atoms with E-state index in [9.17, 15) is 28.7 Å². The topological polar surface area (TPSA) is 158 Å². The fourth-order valence-electron chi connectivity index (χ4n) is 1.04. The molecule has 1 rings (SSSR count). The number of aromatic hydroxyl groups is 2. The average molecular weight is 283 g/mol. The van der Waals surface area contributed by atoms with E-state index in [-0.39, 0.29) is 0 Å². The van der Waals surface area contributed by atoms with Crippen molar-refractivity contribution in [2.45, 2.75) is 9.79 Å². The molecule has 1 aromatic carbocycles. The Bertz CT molecular complexity index is 503. The van der Waals surface area contributed by atoms with E-state index in [0.717, 1.165) is 0 Å². The van der Waals surface area contributed by atoms with Crippen LogP contribution >= 0.6 is 0 Å². The van der Waals surface area contributed by atoms with Gasteiger partial charge >= 0.3 is 5.69 Å². The molecule has 0 spiro atoms. The predicted octanol–water partition coefficient (Wildman–Crippen LogP) is 0.167. The standard InChI is InChI=1S/C6H5NO8S2/c8-4-2(7(10)11)1-3(16(12)13)5(9)6(4)17(14)15/h1,8-9H,(H,12,13)(H,14,15). The molecule has 0 saturated heterocycles. The third-order valence-corrected chi connectivity index (χ3v) is 3.16. The maximum absolute atomic E-state index is 10.8. The number of phenols is 2. The molecule has 0 aliphatic carbocycles. The smallest absolute Gasteiger partial charge is 0.313 e. The van der Waals surface area contributed by atoms with E-state index in [1.165, 1.54) is 0 Å². The van der Waals surface area contributed by atoms with Crippen molar-refractivity contribution >= 4 is 27.8 Å². The first-order valence-corrected chi connectivity index (χ1v) is 5.93. The number of nitro benzene ring substituents is 1. The second-order valence-electron chi connectivity index (χ2n) is 2.68. The summed E-state index contributed by atoms with van der Waals surface area (Å²) in [6, 6.07) is 0.442. The van der Waals surface area contributed by atoms with Crippen LogP contribution in [0.4, 0.5) is 5.69 Å². The maximum Gasteiger partial charge on any atom is 0.313 e. The highest BCUT2D eigenvalue weighted by Crippen LogP contribution is 2.41. The van der Waals surface area contributed by atoms with Crippen molar-refractivity contribution in [2.24, 2.45) is 0 Å². The van der Waals surface area contributed by atoms with Crippen molar-refractivity contribution in [1.82, 2.24) is 0 Å². The summed E-state index contributed by atoms with van der Waals surface area (Å²) in [7, 11) is 0. The SMILES string of the molecule is O=[N+]([O-])c1cc(S(=O)O)c(O)c(S(=O)O)c1O. The van der Waals surface area contributed by atoms with Crippen molar-refractivity contribution < 1.29 is 32.7 Å². The fraction of sp³-hybridized carbons (Fsp3) is 0. The van der Waals surface area contributed by atoms with Crippen LogP contribution in [0.5, 0.6) is 11.5 Å². The van der Waals surface area contributed by atoms with Crippen LogP contribution in [0.15, 0.2) is 15.9 Å². The Morgan fingerprint density at radius 1 is 1.12 bits per heavy atom. The summed E-state index contributed by atoms with van der Waals surface area (Å²) >= 11 is -5.77. The van der Waals surface area contributed by atoms with Gasteiger partial charge in [-0.05, 0) is 0 Å². The van der Waals surface area contributed by atoms with Crippen LogP contribution in [-0.2, 0) is 22.2 Å². The van der Waals surface area contributed by atoms with E-state index in [1.807, 2.05) is 0 Å². The molecule has 4 N–H and O–H groups in total. The van der Waals surface area contributed by atoms with Gasteiger partial charge in [-0.25, -0.2) is 8.42 Å². The third kappa shape index (κ3) is 2.41. The quantitative estimate of drug-likeness (QED) is 0.347. The van der Waals surface area contributed by atoms with Crippen LogP contribution in [0, 0.1) is 10.1 Å². The van der Waals surface area contributed by atoms with Crippen molar-refractivity contribution in [3.8, 4) is 11.5 Å². The molecule has 0 amide bonds. The Morgan fingerprint density at radius 2 is 1.65 bits per heavy atom. The number of rotatable bonds is 3. The summed E-state index contributed by atoms with van der Waals surface area (Å²) in [5.74, 6) is -2.38. The summed E-state index contributed by atoms with van der Waals surface area (Å²) < 4.78 is 39.0.